The van der Waals surface area contributed by atoms with Crippen LogP contribution in [-0.2, 0) is 11.3 Å². The van der Waals surface area contributed by atoms with Crippen molar-refractivity contribution in [2.24, 2.45) is 0 Å². The van der Waals surface area contributed by atoms with E-state index in [9.17, 15) is 9.90 Å². The van der Waals surface area contributed by atoms with E-state index in [1.807, 2.05) is 47.3 Å². The Hall–Kier alpha value is -2.14. The molecular formula is C14H17N3O2. The molecule has 1 aromatic carbocycles. The van der Waals surface area contributed by atoms with Gasteiger partial charge in [-0.2, -0.15) is 5.10 Å². The first-order chi connectivity index (χ1) is 9.27. The van der Waals surface area contributed by atoms with Crippen molar-refractivity contribution in [1.29, 1.82) is 0 Å². The van der Waals surface area contributed by atoms with Crippen LogP contribution in [0.3, 0.4) is 0 Å². The number of aromatic nitrogens is 2. The quantitative estimate of drug-likeness (QED) is 0.736. The van der Waals surface area contributed by atoms with Crippen molar-refractivity contribution in [2.45, 2.75) is 12.5 Å². The van der Waals surface area contributed by atoms with Gasteiger partial charge in [-0.3, -0.25) is 9.48 Å². The van der Waals surface area contributed by atoms with Gasteiger partial charge in [-0.25, -0.2) is 0 Å². The highest BCUT2D eigenvalue weighted by Crippen LogP contribution is 2.14. The van der Waals surface area contributed by atoms with Crippen LogP contribution in [0.2, 0.25) is 0 Å². The molecule has 2 rings (SSSR count). The third-order valence-corrected chi connectivity index (χ3v) is 2.93. The molecule has 2 N–H and O–H groups in total. The number of carboxylic acids is 1. The zero-order chi connectivity index (χ0) is 13.5. The summed E-state index contributed by atoms with van der Waals surface area (Å²) < 4.78 is 1.81. The summed E-state index contributed by atoms with van der Waals surface area (Å²) in [6.45, 7) is 1.84. The molecule has 0 amide bonds. The first-order valence-electron chi connectivity index (χ1n) is 6.23. The SMILES string of the molecule is O=C(O)C(CNCCn1cccn1)c1ccccc1. The van der Waals surface area contributed by atoms with E-state index in [2.05, 4.69) is 10.4 Å². The van der Waals surface area contributed by atoms with E-state index < -0.39 is 11.9 Å². The van der Waals surface area contributed by atoms with E-state index in [0.29, 0.717) is 13.1 Å². The molecule has 5 heteroatoms. The van der Waals surface area contributed by atoms with Gasteiger partial charge in [0, 0.05) is 25.5 Å². The number of rotatable bonds is 7. The van der Waals surface area contributed by atoms with Gasteiger partial charge in [0.05, 0.1) is 12.5 Å². The lowest BCUT2D eigenvalue weighted by molar-refractivity contribution is -0.138. The van der Waals surface area contributed by atoms with E-state index in [0.717, 1.165) is 12.1 Å². The first-order valence-corrected chi connectivity index (χ1v) is 6.23. The fourth-order valence-electron chi connectivity index (χ4n) is 1.91. The maximum Gasteiger partial charge on any atom is 0.312 e. The predicted molar refractivity (Wildman–Crippen MR) is 71.9 cm³/mol. The van der Waals surface area contributed by atoms with Crippen LogP contribution in [0.4, 0.5) is 0 Å². The fourth-order valence-corrected chi connectivity index (χ4v) is 1.91. The van der Waals surface area contributed by atoms with Gasteiger partial charge in [0.15, 0.2) is 0 Å². The highest BCUT2D eigenvalue weighted by molar-refractivity contribution is 5.76. The Morgan fingerprint density at radius 3 is 2.74 bits per heavy atom. The summed E-state index contributed by atoms with van der Waals surface area (Å²) >= 11 is 0. The maximum atomic E-state index is 11.3. The van der Waals surface area contributed by atoms with Gasteiger partial charge in [0.25, 0.3) is 0 Å². The number of benzene rings is 1. The van der Waals surface area contributed by atoms with Crippen LogP contribution < -0.4 is 5.32 Å². The number of aliphatic carboxylic acids is 1. The fraction of sp³-hybridized carbons (Fsp3) is 0.286. The summed E-state index contributed by atoms with van der Waals surface area (Å²) in [7, 11) is 0. The van der Waals surface area contributed by atoms with E-state index >= 15 is 0 Å². The molecule has 100 valence electrons. The van der Waals surface area contributed by atoms with Crippen LogP contribution in [0.25, 0.3) is 0 Å². The summed E-state index contributed by atoms with van der Waals surface area (Å²) in [6, 6.07) is 11.1. The van der Waals surface area contributed by atoms with E-state index in [1.54, 1.807) is 6.20 Å². The van der Waals surface area contributed by atoms with Crippen LogP contribution in [0.1, 0.15) is 11.5 Å². The second-order valence-electron chi connectivity index (χ2n) is 4.27. The van der Waals surface area contributed by atoms with Crippen LogP contribution in [0, 0.1) is 0 Å². The number of carbonyl (C=O) groups is 1. The minimum absolute atomic E-state index is 0.417. The highest BCUT2D eigenvalue weighted by atomic mass is 16.4. The summed E-state index contributed by atoms with van der Waals surface area (Å²) in [6.07, 6.45) is 3.61. The Kier molecular flexibility index (Phi) is 4.69. The van der Waals surface area contributed by atoms with Crippen molar-refractivity contribution in [3.8, 4) is 0 Å². The smallest absolute Gasteiger partial charge is 0.312 e. The molecule has 5 nitrogen and oxygen atoms in total. The molecule has 2 aromatic rings. The van der Waals surface area contributed by atoms with Crippen LogP contribution >= 0.6 is 0 Å². The lowest BCUT2D eigenvalue weighted by Crippen LogP contribution is -2.29. The summed E-state index contributed by atoms with van der Waals surface area (Å²) in [5, 5.41) is 16.5. The van der Waals surface area contributed by atoms with Crippen molar-refractivity contribution in [2.75, 3.05) is 13.1 Å². The minimum atomic E-state index is -0.808. The molecule has 0 bridgehead atoms. The number of hydrogen-bond acceptors (Lipinski definition) is 3. The number of carboxylic acid groups (broad SMARTS) is 1. The summed E-state index contributed by atoms with van der Waals surface area (Å²) in [5.74, 6) is -1.32. The van der Waals surface area contributed by atoms with Crippen molar-refractivity contribution >= 4 is 5.97 Å². The Morgan fingerprint density at radius 2 is 2.11 bits per heavy atom. The van der Waals surface area contributed by atoms with E-state index in [1.165, 1.54) is 0 Å². The van der Waals surface area contributed by atoms with Crippen LogP contribution in [0.15, 0.2) is 48.8 Å². The lowest BCUT2D eigenvalue weighted by Gasteiger charge is -2.13. The summed E-state index contributed by atoms with van der Waals surface area (Å²) in [5.41, 5.74) is 0.821. The molecule has 0 aliphatic carbocycles. The Balaban J connectivity index is 1.83. The normalized spacial score (nSPS) is 12.2. The van der Waals surface area contributed by atoms with Crippen LogP contribution in [0.5, 0.6) is 0 Å². The molecule has 0 aliphatic heterocycles. The summed E-state index contributed by atoms with van der Waals surface area (Å²) in [4.78, 5) is 11.3. The van der Waals surface area contributed by atoms with Gasteiger partial charge >= 0.3 is 5.97 Å². The second-order valence-corrected chi connectivity index (χ2v) is 4.27. The molecule has 19 heavy (non-hydrogen) atoms. The molecule has 1 unspecified atom stereocenters. The monoisotopic (exact) mass is 259 g/mol. The van der Waals surface area contributed by atoms with Gasteiger partial charge in [-0.15, -0.1) is 0 Å². The van der Waals surface area contributed by atoms with Gasteiger partial charge < -0.3 is 10.4 Å². The third kappa shape index (κ3) is 3.93. The average molecular weight is 259 g/mol. The number of hydrogen-bond donors (Lipinski definition) is 2. The van der Waals surface area contributed by atoms with Gasteiger partial charge in [0.1, 0.15) is 0 Å². The minimum Gasteiger partial charge on any atom is -0.481 e. The van der Waals surface area contributed by atoms with Gasteiger partial charge in [-0.1, -0.05) is 30.3 Å². The molecule has 0 saturated carbocycles. The average Bonchev–Trinajstić information content (AvgIpc) is 2.92. The lowest BCUT2D eigenvalue weighted by atomic mass is 9.99. The Bertz CT molecular complexity index is 497. The number of nitrogens with zero attached hydrogens (tertiary/aromatic N) is 2. The van der Waals surface area contributed by atoms with Gasteiger partial charge in [0.2, 0.25) is 0 Å². The predicted octanol–water partition coefficient (Wildman–Crippen LogP) is 1.34. The first kappa shape index (κ1) is 13.3. The molecule has 1 aromatic heterocycles. The molecule has 0 fully saturated rings. The largest absolute Gasteiger partial charge is 0.481 e. The maximum absolute atomic E-state index is 11.3. The van der Waals surface area contributed by atoms with Crippen molar-refractivity contribution < 1.29 is 9.90 Å². The van der Waals surface area contributed by atoms with Crippen molar-refractivity contribution in [3.63, 3.8) is 0 Å². The Labute approximate surface area is 111 Å². The topological polar surface area (TPSA) is 67.2 Å². The molecule has 0 aliphatic rings. The van der Waals surface area contributed by atoms with Crippen molar-refractivity contribution in [3.05, 3.63) is 54.4 Å². The zero-order valence-electron chi connectivity index (χ0n) is 10.6. The highest BCUT2D eigenvalue weighted by Gasteiger charge is 2.18. The van der Waals surface area contributed by atoms with E-state index in [4.69, 9.17) is 0 Å². The molecule has 0 spiro atoms. The third-order valence-electron chi connectivity index (χ3n) is 2.93. The molecule has 1 atom stereocenters. The molecule has 1 heterocycles. The standard InChI is InChI=1S/C14H17N3O2/c18-14(19)13(12-5-2-1-3-6-12)11-15-8-10-17-9-4-7-16-17/h1-7,9,13,15H,8,10-11H2,(H,18,19). The van der Waals surface area contributed by atoms with Crippen molar-refractivity contribution in [1.82, 2.24) is 15.1 Å². The number of nitrogens with one attached hydrogen (secondary N) is 1. The molecule has 0 radical (unpaired) electrons. The zero-order valence-corrected chi connectivity index (χ0v) is 10.6. The van der Waals surface area contributed by atoms with Gasteiger partial charge in [-0.05, 0) is 11.6 Å². The van der Waals surface area contributed by atoms with Crippen LogP contribution in [-0.4, -0.2) is 33.9 Å². The van der Waals surface area contributed by atoms with E-state index in [-0.39, 0.29) is 0 Å². The molecule has 0 saturated heterocycles. The second kappa shape index (κ2) is 6.70. The Morgan fingerprint density at radius 1 is 1.32 bits per heavy atom. The molecular weight excluding hydrogens is 242 g/mol.